The smallest absolute Gasteiger partial charge is 0.257 e. The van der Waals surface area contributed by atoms with E-state index in [9.17, 15) is 4.79 Å². The van der Waals surface area contributed by atoms with E-state index in [0.717, 1.165) is 11.3 Å². The van der Waals surface area contributed by atoms with Crippen LogP contribution in [0.15, 0.2) is 24.4 Å². The lowest BCUT2D eigenvalue weighted by molar-refractivity contribution is 0.0781. The van der Waals surface area contributed by atoms with Crippen molar-refractivity contribution in [2.45, 2.75) is 13.5 Å². The second-order valence-corrected chi connectivity index (χ2v) is 4.96. The van der Waals surface area contributed by atoms with Crippen LogP contribution in [0.4, 0.5) is 0 Å². The molecule has 0 bridgehead atoms. The van der Waals surface area contributed by atoms with Crippen LogP contribution in [-0.4, -0.2) is 35.2 Å². The van der Waals surface area contributed by atoms with Gasteiger partial charge in [0.15, 0.2) is 0 Å². The molecule has 0 fully saturated rings. The molecule has 0 saturated heterocycles. The topological polar surface area (TPSA) is 58.2 Å². The number of carbonyl (C=O) groups excluding carboxylic acids is 1. The summed E-state index contributed by atoms with van der Waals surface area (Å²) >= 11 is 5.90. The van der Waals surface area contributed by atoms with Gasteiger partial charge in [-0.25, -0.2) is 0 Å². The van der Waals surface area contributed by atoms with Gasteiger partial charge in [0.25, 0.3) is 5.91 Å². The second-order valence-electron chi connectivity index (χ2n) is 4.53. The molecule has 2 aromatic rings. The molecule has 1 aromatic carbocycles. The summed E-state index contributed by atoms with van der Waals surface area (Å²) in [6, 6.07) is 4.97. The quantitative estimate of drug-likeness (QED) is 0.943. The number of aryl methyl sites for hydroxylation is 1. The molecule has 0 aliphatic carbocycles. The molecule has 0 atom stereocenters. The van der Waals surface area contributed by atoms with Crippen molar-refractivity contribution < 1.29 is 9.53 Å². The highest BCUT2D eigenvalue weighted by atomic mass is 35.5. The van der Waals surface area contributed by atoms with Crippen molar-refractivity contribution >= 4 is 17.5 Å². The third kappa shape index (κ3) is 2.93. The van der Waals surface area contributed by atoms with Gasteiger partial charge in [0.1, 0.15) is 5.75 Å². The first-order chi connectivity index (χ1) is 9.52. The predicted molar refractivity (Wildman–Crippen MR) is 77.1 cm³/mol. The average molecular weight is 294 g/mol. The summed E-state index contributed by atoms with van der Waals surface area (Å²) in [5.74, 6) is 0.345. The fourth-order valence-corrected chi connectivity index (χ4v) is 2.07. The van der Waals surface area contributed by atoms with Crippen molar-refractivity contribution in [2.24, 2.45) is 0 Å². The number of aromatic nitrogens is 2. The largest absolute Gasteiger partial charge is 0.496 e. The number of rotatable bonds is 4. The Bertz CT molecular complexity index is 625. The zero-order valence-corrected chi connectivity index (χ0v) is 12.4. The molecular weight excluding hydrogens is 278 g/mol. The van der Waals surface area contributed by atoms with Crippen LogP contribution in [0.2, 0.25) is 5.02 Å². The van der Waals surface area contributed by atoms with Crippen molar-refractivity contribution in [3.05, 3.63) is 46.2 Å². The summed E-state index contributed by atoms with van der Waals surface area (Å²) in [5.41, 5.74) is 2.42. The minimum atomic E-state index is -0.126. The lowest BCUT2D eigenvalue weighted by Crippen LogP contribution is -2.26. The van der Waals surface area contributed by atoms with E-state index in [2.05, 4.69) is 10.2 Å². The van der Waals surface area contributed by atoms with E-state index in [4.69, 9.17) is 16.3 Å². The number of methoxy groups -OCH3 is 1. The molecule has 0 spiro atoms. The molecule has 1 N–H and O–H groups in total. The SMILES string of the molecule is COc1cc(Cl)ccc1C(=O)N(C)Cc1cn[nH]c1C. The number of halogens is 1. The lowest BCUT2D eigenvalue weighted by atomic mass is 10.1. The van der Waals surface area contributed by atoms with Crippen molar-refractivity contribution in [3.63, 3.8) is 0 Å². The number of aromatic amines is 1. The number of nitrogens with one attached hydrogen (secondary N) is 1. The molecule has 5 nitrogen and oxygen atoms in total. The molecule has 0 aliphatic heterocycles. The van der Waals surface area contributed by atoms with Crippen LogP contribution in [0.1, 0.15) is 21.6 Å². The van der Waals surface area contributed by atoms with Crippen molar-refractivity contribution in [2.75, 3.05) is 14.2 Å². The molecule has 1 amide bonds. The first-order valence-electron chi connectivity index (χ1n) is 6.10. The minimum Gasteiger partial charge on any atom is -0.496 e. The molecule has 1 heterocycles. The average Bonchev–Trinajstić information content (AvgIpc) is 2.83. The van der Waals surface area contributed by atoms with E-state index in [0.29, 0.717) is 22.9 Å². The van der Waals surface area contributed by atoms with Crippen LogP contribution in [0.25, 0.3) is 0 Å². The van der Waals surface area contributed by atoms with Gasteiger partial charge in [-0.15, -0.1) is 0 Å². The van der Waals surface area contributed by atoms with E-state index in [1.165, 1.54) is 7.11 Å². The first kappa shape index (κ1) is 14.4. The van der Waals surface area contributed by atoms with E-state index in [1.54, 1.807) is 36.3 Å². The maximum atomic E-state index is 12.4. The molecule has 2 rings (SSSR count). The van der Waals surface area contributed by atoms with E-state index >= 15 is 0 Å². The van der Waals surface area contributed by atoms with Crippen LogP contribution in [-0.2, 0) is 6.54 Å². The zero-order chi connectivity index (χ0) is 14.7. The summed E-state index contributed by atoms with van der Waals surface area (Å²) in [6.45, 7) is 2.40. The highest BCUT2D eigenvalue weighted by Crippen LogP contribution is 2.24. The maximum Gasteiger partial charge on any atom is 0.257 e. The van der Waals surface area contributed by atoms with Gasteiger partial charge in [-0.2, -0.15) is 5.10 Å². The Morgan fingerprint density at radius 2 is 2.25 bits per heavy atom. The van der Waals surface area contributed by atoms with Gasteiger partial charge >= 0.3 is 0 Å². The van der Waals surface area contributed by atoms with Gasteiger partial charge in [-0.3, -0.25) is 9.89 Å². The van der Waals surface area contributed by atoms with Crippen molar-refractivity contribution in [3.8, 4) is 5.75 Å². The zero-order valence-electron chi connectivity index (χ0n) is 11.6. The Morgan fingerprint density at radius 3 is 2.85 bits per heavy atom. The fourth-order valence-electron chi connectivity index (χ4n) is 1.91. The summed E-state index contributed by atoms with van der Waals surface area (Å²) in [7, 11) is 3.26. The molecular formula is C14H16ClN3O2. The van der Waals surface area contributed by atoms with Gasteiger partial charge in [0, 0.05) is 29.9 Å². The van der Waals surface area contributed by atoms with Crippen LogP contribution in [0.3, 0.4) is 0 Å². The summed E-state index contributed by atoms with van der Waals surface area (Å²) < 4.78 is 5.21. The number of H-pyrrole nitrogens is 1. The number of benzene rings is 1. The van der Waals surface area contributed by atoms with Gasteiger partial charge < -0.3 is 9.64 Å². The number of carbonyl (C=O) groups is 1. The Morgan fingerprint density at radius 1 is 1.50 bits per heavy atom. The predicted octanol–water partition coefficient (Wildman–Crippen LogP) is 2.65. The molecule has 0 radical (unpaired) electrons. The number of hydrogen-bond acceptors (Lipinski definition) is 3. The molecule has 6 heteroatoms. The summed E-state index contributed by atoms with van der Waals surface area (Å²) in [5, 5.41) is 7.33. The van der Waals surface area contributed by atoms with E-state index in [-0.39, 0.29) is 5.91 Å². The highest BCUT2D eigenvalue weighted by Gasteiger charge is 2.18. The molecule has 0 aliphatic rings. The monoisotopic (exact) mass is 293 g/mol. The van der Waals surface area contributed by atoms with Gasteiger partial charge in [-0.1, -0.05) is 11.6 Å². The standard InChI is InChI=1S/C14H16ClN3O2/c1-9-10(7-16-17-9)8-18(2)14(19)12-5-4-11(15)6-13(12)20-3/h4-7H,8H2,1-3H3,(H,16,17). The number of ether oxygens (including phenoxy) is 1. The first-order valence-corrected chi connectivity index (χ1v) is 6.48. The molecule has 20 heavy (non-hydrogen) atoms. The van der Waals surface area contributed by atoms with Gasteiger partial charge in [0.05, 0.1) is 18.9 Å². The normalized spacial score (nSPS) is 10.4. The summed E-state index contributed by atoms with van der Waals surface area (Å²) in [4.78, 5) is 14.1. The minimum absolute atomic E-state index is 0.126. The summed E-state index contributed by atoms with van der Waals surface area (Å²) in [6.07, 6.45) is 1.72. The van der Waals surface area contributed by atoms with Crippen LogP contribution in [0, 0.1) is 6.92 Å². The maximum absolute atomic E-state index is 12.4. The van der Waals surface area contributed by atoms with Crippen LogP contribution < -0.4 is 4.74 Å². The molecule has 0 unspecified atom stereocenters. The molecule has 1 aromatic heterocycles. The van der Waals surface area contributed by atoms with Crippen LogP contribution in [0.5, 0.6) is 5.75 Å². The Hall–Kier alpha value is -2.01. The number of amides is 1. The van der Waals surface area contributed by atoms with E-state index in [1.807, 2.05) is 6.92 Å². The number of nitrogens with zero attached hydrogens (tertiary/aromatic N) is 2. The molecule has 0 saturated carbocycles. The lowest BCUT2D eigenvalue weighted by Gasteiger charge is -2.18. The highest BCUT2D eigenvalue weighted by molar-refractivity contribution is 6.30. The number of hydrogen-bond donors (Lipinski definition) is 1. The Balaban J connectivity index is 2.20. The van der Waals surface area contributed by atoms with Gasteiger partial charge in [-0.05, 0) is 25.1 Å². The third-order valence-electron chi connectivity index (χ3n) is 3.08. The van der Waals surface area contributed by atoms with Crippen molar-refractivity contribution in [1.29, 1.82) is 0 Å². The van der Waals surface area contributed by atoms with Crippen LogP contribution >= 0.6 is 11.6 Å². The fraction of sp³-hybridized carbons (Fsp3) is 0.286. The third-order valence-corrected chi connectivity index (χ3v) is 3.32. The second kappa shape index (κ2) is 5.96. The van der Waals surface area contributed by atoms with Gasteiger partial charge in [0.2, 0.25) is 0 Å². The Labute approximate surface area is 122 Å². The van der Waals surface area contributed by atoms with Crippen molar-refractivity contribution in [1.82, 2.24) is 15.1 Å². The Kier molecular flexibility index (Phi) is 4.29. The molecule has 106 valence electrons. The van der Waals surface area contributed by atoms with E-state index < -0.39 is 0 Å².